The Labute approximate surface area is 120 Å². The number of nitrogens with one attached hydrogen (secondary N) is 1. The average molecular weight is 300 g/mol. The van der Waals surface area contributed by atoms with E-state index in [1.54, 1.807) is 24.3 Å². The Morgan fingerprint density at radius 3 is 2.40 bits per heavy atom. The van der Waals surface area contributed by atoms with Crippen LogP contribution >= 0.6 is 0 Å². The van der Waals surface area contributed by atoms with E-state index in [-0.39, 0.29) is 25.5 Å². The van der Waals surface area contributed by atoms with Crippen molar-refractivity contribution in [3.63, 3.8) is 0 Å². The van der Waals surface area contributed by atoms with E-state index in [1.807, 2.05) is 0 Å². The van der Waals surface area contributed by atoms with Crippen molar-refractivity contribution >= 4 is 23.0 Å². The number of rotatable bonds is 6. The zero-order chi connectivity index (χ0) is 14.3. The monoisotopic (exact) mass is 300 g/mol. The van der Waals surface area contributed by atoms with Gasteiger partial charge in [-0.3, -0.25) is 9.00 Å². The minimum atomic E-state index is -2.19. The largest absolute Gasteiger partial charge is 0.772 e. The molecule has 0 aliphatic heterocycles. The fourth-order valence-corrected chi connectivity index (χ4v) is 1.61. The molecule has 112 valence electrons. The number of carbonyl (C=O) groups excluding carboxylic acids is 2. The van der Waals surface area contributed by atoms with Crippen LogP contribution in [0.2, 0.25) is 0 Å². The van der Waals surface area contributed by atoms with Gasteiger partial charge in [0.05, 0.1) is 0 Å². The lowest BCUT2D eigenvalue weighted by Gasteiger charge is -2.08. The Bertz CT molecular complexity index is 472. The van der Waals surface area contributed by atoms with Crippen molar-refractivity contribution < 1.29 is 23.1 Å². The highest BCUT2D eigenvalue weighted by molar-refractivity contribution is 7.79. The topological polar surface area (TPSA) is 95.5 Å². The van der Waals surface area contributed by atoms with Gasteiger partial charge in [0, 0.05) is 18.7 Å². The van der Waals surface area contributed by atoms with E-state index in [1.165, 1.54) is 6.92 Å². The van der Waals surface area contributed by atoms with Crippen LogP contribution in [0.1, 0.15) is 19.9 Å². The molecular weight excluding hydrogens is 282 g/mol. The van der Waals surface area contributed by atoms with Gasteiger partial charge in [-0.2, -0.15) is 0 Å². The van der Waals surface area contributed by atoms with Crippen LogP contribution in [0.4, 0.5) is 4.79 Å². The SMILES string of the molecule is C.CC(=O)Cc1ccc(OC(=O)NCCS(=O)[O-])cc1. The molecule has 1 aromatic rings. The third kappa shape index (κ3) is 7.65. The summed E-state index contributed by atoms with van der Waals surface area (Å²) in [6.07, 6.45) is -0.383. The Morgan fingerprint density at radius 1 is 1.30 bits per heavy atom. The zero-order valence-corrected chi connectivity index (χ0v) is 11.2. The molecule has 0 bridgehead atoms. The van der Waals surface area contributed by atoms with E-state index < -0.39 is 17.2 Å². The second-order valence-electron chi connectivity index (χ2n) is 3.85. The van der Waals surface area contributed by atoms with E-state index in [0.29, 0.717) is 12.2 Å². The van der Waals surface area contributed by atoms with Crippen LogP contribution in [-0.4, -0.2) is 32.9 Å². The maximum absolute atomic E-state index is 11.3. The number of benzene rings is 1. The first-order valence-electron chi connectivity index (χ1n) is 5.57. The molecule has 0 spiro atoms. The molecule has 7 heteroatoms. The maximum atomic E-state index is 11.3. The van der Waals surface area contributed by atoms with Crippen molar-refractivity contribution in [2.75, 3.05) is 12.3 Å². The van der Waals surface area contributed by atoms with Gasteiger partial charge in [-0.15, -0.1) is 0 Å². The standard InChI is InChI=1S/C12H15NO5S.CH4/c1-9(14)8-10-2-4-11(5-3-10)18-12(15)13-6-7-19(16)17;/h2-5H,6-8H2,1H3,(H,13,15)(H,16,17);1H4/p-1. The van der Waals surface area contributed by atoms with Crippen LogP contribution < -0.4 is 10.1 Å². The summed E-state index contributed by atoms with van der Waals surface area (Å²) in [4.78, 5) is 22.2. The van der Waals surface area contributed by atoms with Gasteiger partial charge in [0.1, 0.15) is 11.5 Å². The Hall–Kier alpha value is -1.73. The summed E-state index contributed by atoms with van der Waals surface area (Å²) in [6, 6.07) is 6.53. The first-order valence-corrected chi connectivity index (χ1v) is 6.81. The van der Waals surface area contributed by atoms with Crippen molar-refractivity contribution in [2.45, 2.75) is 20.8 Å². The molecule has 1 aromatic carbocycles. The molecule has 0 saturated carbocycles. The van der Waals surface area contributed by atoms with E-state index in [2.05, 4.69) is 5.32 Å². The van der Waals surface area contributed by atoms with Crippen LogP contribution in [0, 0.1) is 0 Å². The van der Waals surface area contributed by atoms with Crippen LogP contribution in [0.15, 0.2) is 24.3 Å². The Morgan fingerprint density at radius 2 is 1.90 bits per heavy atom. The second-order valence-corrected chi connectivity index (χ2v) is 4.86. The number of Topliss-reactive ketones (excluding diaryl/α,β-unsaturated/α-hetero) is 1. The molecule has 0 aliphatic rings. The predicted molar refractivity (Wildman–Crippen MR) is 75.4 cm³/mol. The van der Waals surface area contributed by atoms with Crippen molar-refractivity contribution in [2.24, 2.45) is 0 Å². The van der Waals surface area contributed by atoms with E-state index in [9.17, 15) is 18.4 Å². The van der Waals surface area contributed by atoms with E-state index >= 15 is 0 Å². The molecule has 1 atom stereocenters. The summed E-state index contributed by atoms with van der Waals surface area (Å²) in [5.41, 5.74) is 0.835. The summed E-state index contributed by atoms with van der Waals surface area (Å²) < 4.78 is 25.4. The second kappa shape index (κ2) is 9.22. The fourth-order valence-electron chi connectivity index (χ4n) is 1.34. The quantitative estimate of drug-likeness (QED) is 0.802. The smallest absolute Gasteiger partial charge is 0.412 e. The van der Waals surface area contributed by atoms with E-state index in [0.717, 1.165) is 5.56 Å². The molecule has 1 rings (SSSR count). The van der Waals surface area contributed by atoms with Gasteiger partial charge >= 0.3 is 6.09 Å². The fraction of sp³-hybridized carbons (Fsp3) is 0.385. The first-order chi connectivity index (χ1) is 8.97. The van der Waals surface area contributed by atoms with Crippen molar-refractivity contribution in [3.8, 4) is 5.75 Å². The number of carbonyl (C=O) groups is 2. The van der Waals surface area contributed by atoms with Crippen LogP contribution in [0.5, 0.6) is 5.75 Å². The number of ether oxygens (including phenoxy) is 1. The molecule has 1 N–H and O–H groups in total. The molecule has 1 amide bonds. The third-order valence-electron chi connectivity index (χ3n) is 2.13. The van der Waals surface area contributed by atoms with Gasteiger partial charge in [0.15, 0.2) is 0 Å². The molecule has 0 aliphatic carbocycles. The summed E-state index contributed by atoms with van der Waals surface area (Å²) in [6.45, 7) is 1.50. The van der Waals surface area contributed by atoms with Gasteiger partial charge in [0.2, 0.25) is 0 Å². The summed E-state index contributed by atoms with van der Waals surface area (Å²) >= 11 is -2.19. The van der Waals surface area contributed by atoms with Gasteiger partial charge in [0.25, 0.3) is 0 Å². The molecule has 0 aromatic heterocycles. The minimum absolute atomic E-state index is 0. The van der Waals surface area contributed by atoms with Crippen molar-refractivity contribution in [3.05, 3.63) is 29.8 Å². The number of ketones is 1. The molecule has 0 fully saturated rings. The van der Waals surface area contributed by atoms with Gasteiger partial charge in [-0.1, -0.05) is 30.6 Å². The lowest BCUT2D eigenvalue weighted by molar-refractivity contribution is -0.116. The summed E-state index contributed by atoms with van der Waals surface area (Å²) in [5, 5.41) is 2.30. The maximum Gasteiger partial charge on any atom is 0.412 e. The van der Waals surface area contributed by atoms with Crippen molar-refractivity contribution in [1.82, 2.24) is 5.32 Å². The molecular formula is C13H18NO5S-. The average Bonchev–Trinajstić information content (AvgIpc) is 2.30. The molecule has 0 radical (unpaired) electrons. The summed E-state index contributed by atoms with van der Waals surface area (Å²) in [7, 11) is 0. The molecule has 1 unspecified atom stereocenters. The first kappa shape index (κ1) is 18.3. The third-order valence-corrected chi connectivity index (χ3v) is 2.66. The zero-order valence-electron chi connectivity index (χ0n) is 10.4. The number of hydrogen-bond acceptors (Lipinski definition) is 5. The Balaban J connectivity index is 0.00000361. The summed E-state index contributed by atoms with van der Waals surface area (Å²) in [5.74, 6) is 0.220. The minimum Gasteiger partial charge on any atom is -0.772 e. The highest BCUT2D eigenvalue weighted by Crippen LogP contribution is 2.12. The Kier molecular flexibility index (Phi) is 8.42. The highest BCUT2D eigenvalue weighted by Gasteiger charge is 2.04. The van der Waals surface area contributed by atoms with Crippen molar-refractivity contribution in [1.29, 1.82) is 0 Å². The molecule has 6 nitrogen and oxygen atoms in total. The normalized spacial score (nSPS) is 11.1. The van der Waals surface area contributed by atoms with Gasteiger partial charge in [-0.05, 0) is 24.6 Å². The lowest BCUT2D eigenvalue weighted by Crippen LogP contribution is -2.30. The van der Waals surface area contributed by atoms with Crippen LogP contribution in [0.25, 0.3) is 0 Å². The van der Waals surface area contributed by atoms with E-state index in [4.69, 9.17) is 4.74 Å². The lowest BCUT2D eigenvalue weighted by atomic mass is 10.1. The molecule has 20 heavy (non-hydrogen) atoms. The van der Waals surface area contributed by atoms with Gasteiger partial charge < -0.3 is 14.6 Å². The molecule has 0 heterocycles. The highest BCUT2D eigenvalue weighted by atomic mass is 32.2. The van der Waals surface area contributed by atoms with Gasteiger partial charge in [-0.25, -0.2) is 4.79 Å². The van der Waals surface area contributed by atoms with Crippen LogP contribution in [0.3, 0.4) is 0 Å². The van der Waals surface area contributed by atoms with Crippen LogP contribution in [-0.2, 0) is 22.3 Å². The predicted octanol–water partition coefficient (Wildman–Crippen LogP) is 1.42. The number of hydrogen-bond donors (Lipinski definition) is 1. The number of amides is 1. The molecule has 0 saturated heterocycles.